The van der Waals surface area contributed by atoms with Gasteiger partial charge in [-0.15, -0.1) is 0 Å². The van der Waals surface area contributed by atoms with Crippen LogP contribution in [0.25, 0.3) is 0 Å². The van der Waals surface area contributed by atoms with Crippen LogP contribution in [0.2, 0.25) is 25.7 Å². The third-order valence-electron chi connectivity index (χ3n) is 10.4. The number of carbonyl (C=O) groups excluding carboxylic acids is 2. The number of aromatic hydroxyl groups is 1. The van der Waals surface area contributed by atoms with Gasteiger partial charge in [0.1, 0.15) is 47.3 Å². The van der Waals surface area contributed by atoms with Crippen LogP contribution in [-0.2, 0) is 53.7 Å². The van der Waals surface area contributed by atoms with Crippen LogP contribution in [0.1, 0.15) is 102 Å². The zero-order chi connectivity index (χ0) is 49.4. The molecule has 2 atom stereocenters. The fraction of sp³-hybridized carbons (Fsp3) is 0.533. The van der Waals surface area contributed by atoms with Gasteiger partial charge in [0, 0.05) is 37.3 Å². The van der Waals surface area contributed by atoms with Crippen molar-refractivity contribution >= 4 is 35.2 Å². The van der Waals surface area contributed by atoms with E-state index in [9.17, 15) is 29.1 Å². The molecule has 3 N–H and O–H groups in total. The van der Waals surface area contributed by atoms with Crippen LogP contribution in [0.4, 0.5) is 0 Å². The summed E-state index contributed by atoms with van der Waals surface area (Å²) in [5.74, 6) is 0.376. The van der Waals surface area contributed by atoms with Gasteiger partial charge >= 0.3 is 27.1 Å². The Balaban J connectivity index is 0.000000440. The number of hydrogen-bond donors (Lipinski definition) is 3. The van der Waals surface area contributed by atoms with Crippen molar-refractivity contribution in [1.82, 2.24) is 0 Å². The largest absolute Gasteiger partial charge is 0.507 e. The van der Waals surface area contributed by atoms with Gasteiger partial charge < -0.3 is 47.6 Å². The molecule has 0 bridgehead atoms. The molecule has 0 amide bonds. The predicted octanol–water partition coefficient (Wildman–Crippen LogP) is 9.29. The number of methoxy groups -OCH3 is 2. The second kappa shape index (κ2) is 25.1. The molecule has 2 aliphatic heterocycles. The number of benzene rings is 2. The van der Waals surface area contributed by atoms with Crippen LogP contribution >= 0.6 is 15.2 Å². The zero-order valence-electron chi connectivity index (χ0n) is 39.4. The Labute approximate surface area is 383 Å². The van der Waals surface area contributed by atoms with E-state index < -0.39 is 40.6 Å². The molecule has 2 aromatic rings. The first-order valence-electron chi connectivity index (χ1n) is 20.9. The fourth-order valence-electron chi connectivity index (χ4n) is 7.03. The van der Waals surface area contributed by atoms with Crippen molar-refractivity contribution in [2.45, 2.75) is 124 Å². The number of ether oxygens (including phenoxy) is 5. The number of cyclic esters (lactones) is 2. The summed E-state index contributed by atoms with van der Waals surface area (Å²) in [7, 11) is -6.39. The summed E-state index contributed by atoms with van der Waals surface area (Å²) < 4.78 is 62.9. The maximum Gasteiger partial charge on any atom is 0.348 e. The predicted molar refractivity (Wildman–Crippen MR) is 246 cm³/mol. The standard InChI is InChI=1S/C26H40NO7PSi.C17H20NO7P.C2H3N/c1-9-33-35(29,34-10-2)20(16-27)15-18(3)11-12-21-24(30-5)19(4)22-17-32-26(28)23(22)25(21)31-13-14-36(6,7)8;1-9(6-11(7-18)26(21,22)23)4-5-12-15(19)14-13(8-25-17(14)20)10(2)16(12)24-3;1-2-3/h11,20H,9-10,12-15,17H2,1-8H3;4,11,19H,5-6,8H2,1-3H3,(H2,21,22,23);1H3/b18-11+;9-4+;. The van der Waals surface area contributed by atoms with Crippen molar-refractivity contribution in [3.05, 3.63) is 67.8 Å². The van der Waals surface area contributed by atoms with Crippen LogP contribution in [0, 0.1) is 47.8 Å². The van der Waals surface area contributed by atoms with E-state index in [1.807, 2.05) is 19.9 Å². The molecule has 356 valence electrons. The first kappa shape index (κ1) is 56.2. The van der Waals surface area contributed by atoms with E-state index >= 15 is 0 Å². The highest BCUT2D eigenvalue weighted by Crippen LogP contribution is 2.55. The summed E-state index contributed by atoms with van der Waals surface area (Å²) in [4.78, 5) is 42.8. The quantitative estimate of drug-likeness (QED) is 0.0483. The first-order chi connectivity index (χ1) is 30.4. The van der Waals surface area contributed by atoms with Crippen molar-refractivity contribution in [3.63, 3.8) is 0 Å². The third-order valence-corrected chi connectivity index (χ3v) is 15.5. The molecule has 0 saturated heterocycles. The number of phenols is 1. The maximum atomic E-state index is 13.1. The van der Waals surface area contributed by atoms with Crippen LogP contribution in [-0.4, -0.2) is 80.3 Å². The van der Waals surface area contributed by atoms with Crippen LogP contribution in [0.5, 0.6) is 23.0 Å². The van der Waals surface area contributed by atoms with Crippen LogP contribution < -0.4 is 14.2 Å². The second-order valence-electron chi connectivity index (χ2n) is 16.4. The SMILES string of the molecule is CC#N.CCOP(=O)(OCC)C(C#N)C/C(C)=C/Cc1c(OC)c(C)c2c(c1OCC[Si](C)(C)C)C(=O)OC2.COc1c(C)c2c(c(O)c1C/C=C(\C)CC(C#N)P(=O)(O)O)C(=O)OC2. The Kier molecular flexibility index (Phi) is 21.7. The highest BCUT2D eigenvalue weighted by molar-refractivity contribution is 7.55. The Hall–Kier alpha value is -4.95. The Bertz CT molecular complexity index is 2340. The van der Waals surface area contributed by atoms with Crippen molar-refractivity contribution in [2.75, 3.05) is 34.0 Å². The maximum absolute atomic E-state index is 13.1. The van der Waals surface area contributed by atoms with Crippen molar-refractivity contribution in [1.29, 1.82) is 15.8 Å². The normalized spacial score (nSPS) is 14.4. The van der Waals surface area contributed by atoms with E-state index in [0.717, 1.165) is 28.3 Å². The summed E-state index contributed by atoms with van der Waals surface area (Å²) in [6, 6.07) is 6.41. The van der Waals surface area contributed by atoms with E-state index in [-0.39, 0.29) is 63.0 Å². The lowest BCUT2D eigenvalue weighted by molar-refractivity contribution is 0.0523. The Morgan fingerprint density at radius 3 is 1.65 bits per heavy atom. The fourth-order valence-corrected chi connectivity index (χ4v) is 10.2. The summed E-state index contributed by atoms with van der Waals surface area (Å²) in [6.45, 7) is 20.0. The second-order valence-corrected chi connectivity index (χ2v) is 26.0. The van der Waals surface area contributed by atoms with E-state index in [1.54, 1.807) is 53.0 Å². The van der Waals surface area contributed by atoms with Gasteiger partial charge in [-0.3, -0.25) is 9.13 Å². The van der Waals surface area contributed by atoms with Gasteiger partial charge in [-0.25, -0.2) is 9.59 Å². The monoisotopic (exact) mass is 959 g/mol. The molecule has 0 aliphatic carbocycles. The van der Waals surface area contributed by atoms with Gasteiger partial charge in [0.25, 0.3) is 0 Å². The molecule has 2 aromatic carbocycles. The first-order valence-corrected chi connectivity index (χ1v) is 27.9. The van der Waals surface area contributed by atoms with Crippen LogP contribution in [0.3, 0.4) is 0 Å². The molecule has 0 fully saturated rings. The van der Waals surface area contributed by atoms with E-state index in [4.69, 9.17) is 53.0 Å². The average molecular weight is 960 g/mol. The van der Waals surface area contributed by atoms with E-state index in [2.05, 4.69) is 25.7 Å². The number of carbonyl (C=O) groups is 2. The average Bonchev–Trinajstić information content (AvgIpc) is 3.82. The Morgan fingerprint density at radius 1 is 0.785 bits per heavy atom. The third kappa shape index (κ3) is 14.8. The molecule has 2 unspecified atom stereocenters. The highest BCUT2D eigenvalue weighted by atomic mass is 31.2. The van der Waals surface area contributed by atoms with Crippen LogP contribution in [0.15, 0.2) is 23.3 Å². The number of nitrogens with zero attached hydrogens (tertiary/aromatic N) is 3. The summed E-state index contributed by atoms with van der Waals surface area (Å²) >= 11 is 0. The molecule has 4 rings (SSSR count). The molecule has 0 radical (unpaired) electrons. The van der Waals surface area contributed by atoms with Gasteiger partial charge in [-0.2, -0.15) is 15.8 Å². The highest BCUT2D eigenvalue weighted by Gasteiger charge is 2.37. The topological polar surface area (TPSA) is 265 Å². The van der Waals surface area contributed by atoms with E-state index in [0.29, 0.717) is 58.1 Å². The van der Waals surface area contributed by atoms with Gasteiger partial charge in [-0.1, -0.05) is 42.9 Å². The molecule has 17 nitrogen and oxygen atoms in total. The van der Waals surface area contributed by atoms with Crippen molar-refractivity contribution in [2.24, 2.45) is 0 Å². The minimum absolute atomic E-state index is 0.0746. The van der Waals surface area contributed by atoms with Crippen molar-refractivity contribution < 1.29 is 66.3 Å². The lowest BCUT2D eigenvalue weighted by Crippen LogP contribution is -2.23. The molecule has 65 heavy (non-hydrogen) atoms. The number of hydrogen-bond acceptors (Lipinski definition) is 15. The number of esters is 2. The summed E-state index contributed by atoms with van der Waals surface area (Å²) in [6.07, 6.45) is 4.29. The molecule has 0 saturated carbocycles. The van der Waals surface area contributed by atoms with Gasteiger partial charge in [0.15, 0.2) is 11.3 Å². The number of allylic oxidation sites excluding steroid dienone is 4. The number of nitriles is 3. The van der Waals surface area contributed by atoms with Crippen molar-refractivity contribution in [3.8, 4) is 41.2 Å². The Morgan fingerprint density at radius 2 is 1.22 bits per heavy atom. The number of rotatable bonds is 20. The minimum Gasteiger partial charge on any atom is -0.507 e. The molecule has 20 heteroatoms. The number of phenolic OH excluding ortho intramolecular Hbond substituents is 1. The van der Waals surface area contributed by atoms with Gasteiger partial charge in [-0.05, 0) is 84.4 Å². The molecule has 2 aliphatic rings. The zero-order valence-corrected chi connectivity index (χ0v) is 42.2. The summed E-state index contributed by atoms with van der Waals surface area (Å²) in [5.41, 5.74) is 3.72. The lowest BCUT2D eigenvalue weighted by atomic mass is 9.94. The smallest absolute Gasteiger partial charge is 0.348 e. The molecule has 0 aromatic heterocycles. The van der Waals surface area contributed by atoms with Gasteiger partial charge in [0.2, 0.25) is 0 Å². The molecular weight excluding hydrogens is 897 g/mol. The van der Waals surface area contributed by atoms with E-state index in [1.165, 1.54) is 14.0 Å². The summed E-state index contributed by atoms with van der Waals surface area (Å²) in [5, 5.41) is 36.4. The number of fused-ring (bicyclic) bond motifs is 2. The van der Waals surface area contributed by atoms with Gasteiger partial charge in [0.05, 0.1) is 52.2 Å². The lowest BCUT2D eigenvalue weighted by Gasteiger charge is -2.22. The minimum atomic E-state index is -4.51. The molecular formula is C45H63N3O14P2Si. The molecule has 2 heterocycles. The molecule has 0 spiro atoms.